The van der Waals surface area contributed by atoms with Crippen LogP contribution >= 0.6 is 0 Å². The highest BCUT2D eigenvalue weighted by atomic mass is 16.5. The Hall–Kier alpha value is -1.75. The van der Waals surface area contributed by atoms with Gasteiger partial charge in [-0.2, -0.15) is 5.10 Å². The van der Waals surface area contributed by atoms with Crippen LogP contribution in [0.4, 0.5) is 0 Å². The zero-order valence-electron chi connectivity index (χ0n) is 15.0. The van der Waals surface area contributed by atoms with Gasteiger partial charge < -0.3 is 19.8 Å². The Kier molecular flexibility index (Phi) is 5.61. The van der Waals surface area contributed by atoms with Crippen LogP contribution in [-0.2, 0) is 0 Å². The SMILES string of the molecule is CCCOc1c(OC)cccc1C1NN=C2CCN(CCC)CC21. The first-order valence-electron chi connectivity index (χ1n) is 9.12. The van der Waals surface area contributed by atoms with Gasteiger partial charge in [0.1, 0.15) is 0 Å². The fourth-order valence-electron chi connectivity index (χ4n) is 3.71. The third kappa shape index (κ3) is 3.36. The van der Waals surface area contributed by atoms with E-state index in [0.29, 0.717) is 12.5 Å². The van der Waals surface area contributed by atoms with E-state index in [2.05, 4.69) is 35.3 Å². The van der Waals surface area contributed by atoms with Crippen LogP contribution in [0.15, 0.2) is 23.3 Å². The molecule has 1 fully saturated rings. The van der Waals surface area contributed by atoms with Gasteiger partial charge in [0.15, 0.2) is 11.5 Å². The second kappa shape index (κ2) is 7.88. The van der Waals surface area contributed by atoms with Crippen LogP contribution in [0.2, 0.25) is 0 Å². The minimum absolute atomic E-state index is 0.168. The lowest BCUT2D eigenvalue weighted by Gasteiger charge is -2.33. The smallest absolute Gasteiger partial charge is 0.166 e. The molecular formula is C19H29N3O2. The summed E-state index contributed by atoms with van der Waals surface area (Å²) in [6.07, 6.45) is 3.23. The van der Waals surface area contributed by atoms with Crippen LogP contribution in [0.1, 0.15) is 44.7 Å². The Bertz CT molecular complexity index is 588. The molecule has 2 aliphatic rings. The average molecular weight is 331 g/mol. The van der Waals surface area contributed by atoms with E-state index in [1.165, 1.54) is 12.1 Å². The Morgan fingerprint density at radius 3 is 2.92 bits per heavy atom. The molecule has 1 aromatic rings. The first-order chi connectivity index (χ1) is 11.8. The number of hydrazone groups is 1. The number of benzene rings is 1. The highest BCUT2D eigenvalue weighted by Crippen LogP contribution is 2.41. The second-order valence-corrected chi connectivity index (χ2v) is 6.59. The van der Waals surface area contributed by atoms with Crippen molar-refractivity contribution in [1.29, 1.82) is 0 Å². The molecule has 1 saturated heterocycles. The molecule has 5 nitrogen and oxygen atoms in total. The largest absolute Gasteiger partial charge is 0.493 e. The van der Waals surface area contributed by atoms with Crippen molar-refractivity contribution in [2.75, 3.05) is 33.4 Å². The van der Waals surface area contributed by atoms with Gasteiger partial charge in [-0.3, -0.25) is 0 Å². The lowest BCUT2D eigenvalue weighted by atomic mass is 9.86. The summed E-state index contributed by atoms with van der Waals surface area (Å²) in [7, 11) is 1.70. The summed E-state index contributed by atoms with van der Waals surface area (Å²) < 4.78 is 11.6. The van der Waals surface area contributed by atoms with E-state index < -0.39 is 0 Å². The van der Waals surface area contributed by atoms with Gasteiger partial charge in [-0.05, 0) is 25.5 Å². The number of ether oxygens (including phenoxy) is 2. The average Bonchev–Trinajstić information content (AvgIpc) is 3.03. The normalized spacial score (nSPS) is 23.4. The number of likely N-dealkylation sites (tertiary alicyclic amines) is 1. The highest BCUT2D eigenvalue weighted by molar-refractivity contribution is 5.90. The summed E-state index contributed by atoms with van der Waals surface area (Å²) in [5.41, 5.74) is 5.83. The Labute approximate surface area is 145 Å². The molecule has 3 rings (SSSR count). The van der Waals surface area contributed by atoms with E-state index in [1.807, 2.05) is 12.1 Å². The summed E-state index contributed by atoms with van der Waals surface area (Å²) >= 11 is 0. The molecule has 1 N–H and O–H groups in total. The van der Waals surface area contributed by atoms with Gasteiger partial charge in [0.05, 0.1) is 19.8 Å². The zero-order valence-corrected chi connectivity index (χ0v) is 15.0. The molecule has 1 aromatic carbocycles. The Morgan fingerprint density at radius 1 is 1.29 bits per heavy atom. The van der Waals surface area contributed by atoms with Crippen molar-refractivity contribution in [1.82, 2.24) is 10.3 Å². The van der Waals surface area contributed by atoms with E-state index in [1.54, 1.807) is 7.11 Å². The summed E-state index contributed by atoms with van der Waals surface area (Å²) in [5.74, 6) is 2.09. The van der Waals surface area contributed by atoms with E-state index in [4.69, 9.17) is 9.47 Å². The Balaban J connectivity index is 1.86. The number of methoxy groups -OCH3 is 1. The maximum Gasteiger partial charge on any atom is 0.166 e. The van der Waals surface area contributed by atoms with E-state index >= 15 is 0 Å². The van der Waals surface area contributed by atoms with Crippen LogP contribution < -0.4 is 14.9 Å². The maximum absolute atomic E-state index is 6.05. The van der Waals surface area contributed by atoms with Crippen LogP contribution in [-0.4, -0.2) is 44.0 Å². The molecule has 0 aromatic heterocycles. The summed E-state index contributed by atoms with van der Waals surface area (Å²) in [5, 5.41) is 4.63. The van der Waals surface area contributed by atoms with Crippen molar-refractivity contribution in [2.24, 2.45) is 11.0 Å². The molecule has 0 saturated carbocycles. The molecule has 2 unspecified atom stereocenters. The first-order valence-corrected chi connectivity index (χ1v) is 9.12. The van der Waals surface area contributed by atoms with Crippen molar-refractivity contribution < 1.29 is 9.47 Å². The van der Waals surface area contributed by atoms with Crippen LogP contribution in [0.3, 0.4) is 0 Å². The van der Waals surface area contributed by atoms with Gasteiger partial charge in [-0.1, -0.05) is 26.0 Å². The zero-order chi connectivity index (χ0) is 16.9. The molecule has 0 bridgehead atoms. The molecular weight excluding hydrogens is 302 g/mol. The van der Waals surface area contributed by atoms with Gasteiger partial charge in [0, 0.05) is 36.7 Å². The van der Waals surface area contributed by atoms with Gasteiger partial charge in [0.2, 0.25) is 0 Å². The standard InChI is InChI=1S/C19H29N3O2/c1-4-10-22-11-9-16-15(13-22)18(21-20-16)14-7-6-8-17(23-3)19(14)24-12-5-2/h6-8,15,18,21H,4-5,9-13H2,1-3H3. The van der Waals surface area contributed by atoms with Crippen molar-refractivity contribution in [3.8, 4) is 11.5 Å². The summed E-state index contributed by atoms with van der Waals surface area (Å²) in [6, 6.07) is 6.32. The number of hydrogen-bond donors (Lipinski definition) is 1. The number of hydrogen-bond acceptors (Lipinski definition) is 5. The molecule has 24 heavy (non-hydrogen) atoms. The topological polar surface area (TPSA) is 46.1 Å². The van der Waals surface area contributed by atoms with Crippen molar-refractivity contribution >= 4 is 5.71 Å². The van der Waals surface area contributed by atoms with E-state index in [9.17, 15) is 0 Å². The minimum atomic E-state index is 0.168. The van der Waals surface area contributed by atoms with Crippen molar-refractivity contribution in [3.05, 3.63) is 23.8 Å². The molecule has 5 heteroatoms. The quantitative estimate of drug-likeness (QED) is 0.833. The molecule has 0 spiro atoms. The summed E-state index contributed by atoms with van der Waals surface area (Å²) in [6.45, 7) is 8.40. The van der Waals surface area contributed by atoms with Crippen LogP contribution in [0.25, 0.3) is 0 Å². The van der Waals surface area contributed by atoms with E-state index in [0.717, 1.165) is 49.5 Å². The van der Waals surface area contributed by atoms with Gasteiger partial charge in [-0.15, -0.1) is 0 Å². The van der Waals surface area contributed by atoms with Crippen LogP contribution in [0.5, 0.6) is 11.5 Å². The number of nitrogens with one attached hydrogen (secondary N) is 1. The van der Waals surface area contributed by atoms with Gasteiger partial charge >= 0.3 is 0 Å². The Morgan fingerprint density at radius 2 is 2.17 bits per heavy atom. The minimum Gasteiger partial charge on any atom is -0.493 e. The third-order valence-corrected chi connectivity index (χ3v) is 4.87. The number of rotatable bonds is 7. The lowest BCUT2D eigenvalue weighted by molar-refractivity contribution is 0.225. The second-order valence-electron chi connectivity index (χ2n) is 6.59. The fourth-order valence-corrected chi connectivity index (χ4v) is 3.71. The molecule has 0 amide bonds. The summed E-state index contributed by atoms with van der Waals surface area (Å²) in [4.78, 5) is 2.55. The lowest BCUT2D eigenvalue weighted by Crippen LogP contribution is -2.42. The highest BCUT2D eigenvalue weighted by Gasteiger charge is 2.38. The molecule has 2 atom stereocenters. The number of para-hydroxylation sites is 1. The fraction of sp³-hybridized carbons (Fsp3) is 0.632. The molecule has 2 heterocycles. The van der Waals surface area contributed by atoms with Crippen LogP contribution in [0, 0.1) is 5.92 Å². The molecule has 132 valence electrons. The monoisotopic (exact) mass is 331 g/mol. The molecule has 2 aliphatic heterocycles. The first kappa shape index (κ1) is 17.1. The van der Waals surface area contributed by atoms with Gasteiger partial charge in [0.25, 0.3) is 0 Å². The van der Waals surface area contributed by atoms with Gasteiger partial charge in [-0.25, -0.2) is 0 Å². The predicted octanol–water partition coefficient (Wildman–Crippen LogP) is 3.22. The van der Waals surface area contributed by atoms with Crippen molar-refractivity contribution in [2.45, 2.75) is 39.2 Å². The number of piperidine rings is 1. The predicted molar refractivity (Wildman–Crippen MR) is 96.9 cm³/mol. The van der Waals surface area contributed by atoms with Crippen molar-refractivity contribution in [3.63, 3.8) is 0 Å². The third-order valence-electron chi connectivity index (χ3n) is 4.87. The molecule has 0 radical (unpaired) electrons. The maximum atomic E-state index is 6.05. The number of nitrogens with zero attached hydrogens (tertiary/aromatic N) is 2. The number of fused-ring (bicyclic) bond motifs is 1. The molecule has 0 aliphatic carbocycles. The van der Waals surface area contributed by atoms with E-state index in [-0.39, 0.29) is 6.04 Å².